The average molecular weight is 970 g/mol. The van der Waals surface area contributed by atoms with E-state index in [-0.39, 0.29) is 37.9 Å². The highest BCUT2D eigenvalue weighted by Gasteiger charge is 2.40. The minimum atomic E-state index is -0.218. The van der Waals surface area contributed by atoms with Crippen LogP contribution in [0.2, 0.25) is 0 Å². The minimum Gasteiger partial charge on any atom is -0.310 e. The quantitative estimate of drug-likeness (QED) is 0.166. The van der Waals surface area contributed by atoms with Gasteiger partial charge in [0.25, 0.3) is 0 Å². The lowest BCUT2D eigenvalue weighted by molar-refractivity contribution is 0.584. The van der Waals surface area contributed by atoms with E-state index in [1.807, 2.05) is 0 Å². The first-order chi connectivity index (χ1) is 34.5. The van der Waals surface area contributed by atoms with Gasteiger partial charge in [-0.2, -0.15) is 0 Å². The summed E-state index contributed by atoms with van der Waals surface area (Å²) in [6.45, 7) is 42.7. The molecule has 3 aliphatic carbocycles. The van der Waals surface area contributed by atoms with E-state index in [0.717, 1.165) is 17.1 Å². The zero-order valence-corrected chi connectivity index (χ0v) is 47.9. The molecule has 0 saturated heterocycles. The van der Waals surface area contributed by atoms with Crippen LogP contribution in [0, 0.1) is 0 Å². The molecule has 0 fully saturated rings. The van der Waals surface area contributed by atoms with Crippen molar-refractivity contribution in [3.8, 4) is 55.6 Å². The summed E-state index contributed by atoms with van der Waals surface area (Å²) in [4.78, 5) is 2.55. The molecule has 1 heteroatoms. The molecule has 0 aliphatic heterocycles. The van der Waals surface area contributed by atoms with E-state index in [1.165, 1.54) is 111 Å². The van der Waals surface area contributed by atoms with Gasteiger partial charge in [-0.1, -0.05) is 228 Å². The molecule has 3 aliphatic rings. The molecule has 0 unspecified atom stereocenters. The normalized spacial score (nSPS) is 15.8. The van der Waals surface area contributed by atoms with Gasteiger partial charge < -0.3 is 4.90 Å². The number of rotatable bonds is 5. The molecule has 0 N–H and O–H groups in total. The molecular weight excluding hydrogens is 891 g/mol. The highest BCUT2D eigenvalue weighted by molar-refractivity contribution is 5.93. The van der Waals surface area contributed by atoms with E-state index in [2.05, 4.69) is 281 Å². The fourth-order valence-corrected chi connectivity index (χ4v) is 13.2. The fourth-order valence-electron chi connectivity index (χ4n) is 13.2. The van der Waals surface area contributed by atoms with Crippen LogP contribution in [-0.2, 0) is 37.9 Å². The third kappa shape index (κ3) is 7.77. The van der Waals surface area contributed by atoms with Crippen molar-refractivity contribution in [2.24, 2.45) is 0 Å². The lowest BCUT2D eigenvalue weighted by Crippen LogP contribution is -2.19. The Balaban J connectivity index is 1.18. The molecule has 0 heterocycles. The summed E-state index contributed by atoms with van der Waals surface area (Å²) in [5.41, 5.74) is 29.9. The van der Waals surface area contributed by atoms with E-state index >= 15 is 0 Å². The molecular formula is C73H79N. The number of hydrogen-bond donors (Lipinski definition) is 0. The van der Waals surface area contributed by atoms with Gasteiger partial charge in [-0.15, -0.1) is 0 Å². The zero-order valence-electron chi connectivity index (χ0n) is 47.9. The Morgan fingerprint density at radius 1 is 0.270 bits per heavy atom. The van der Waals surface area contributed by atoms with E-state index in [1.54, 1.807) is 0 Å². The smallest absolute Gasteiger partial charge is 0.0474 e. The molecule has 0 bridgehead atoms. The lowest BCUT2D eigenvalue weighted by atomic mass is 9.74. The highest BCUT2D eigenvalue weighted by Crippen LogP contribution is 2.56. The summed E-state index contributed by atoms with van der Waals surface area (Å²) in [5.74, 6) is 0. The average Bonchev–Trinajstić information content (AvgIpc) is 3.81. The highest BCUT2D eigenvalue weighted by atomic mass is 15.1. The number of fused-ring (bicyclic) bond motifs is 9. The number of anilines is 3. The molecule has 8 aromatic rings. The Kier molecular flexibility index (Phi) is 10.9. The largest absolute Gasteiger partial charge is 0.310 e. The maximum Gasteiger partial charge on any atom is 0.0474 e. The zero-order chi connectivity index (χ0) is 53.0. The van der Waals surface area contributed by atoms with Gasteiger partial charge in [0.15, 0.2) is 0 Å². The van der Waals surface area contributed by atoms with Gasteiger partial charge in [0.2, 0.25) is 0 Å². The molecule has 376 valence electrons. The molecule has 0 saturated carbocycles. The third-order valence-corrected chi connectivity index (χ3v) is 17.7. The summed E-state index contributed by atoms with van der Waals surface area (Å²) in [6.07, 6.45) is 0. The summed E-state index contributed by atoms with van der Waals surface area (Å²) < 4.78 is 0. The van der Waals surface area contributed by atoms with Crippen molar-refractivity contribution in [3.63, 3.8) is 0 Å². The Labute approximate surface area is 445 Å². The van der Waals surface area contributed by atoms with Crippen molar-refractivity contribution in [2.45, 2.75) is 163 Å². The van der Waals surface area contributed by atoms with Crippen LogP contribution in [0.4, 0.5) is 17.1 Å². The van der Waals surface area contributed by atoms with Crippen LogP contribution >= 0.6 is 0 Å². The second-order valence-corrected chi connectivity index (χ2v) is 28.0. The van der Waals surface area contributed by atoms with E-state index in [0.29, 0.717) is 0 Å². The summed E-state index contributed by atoms with van der Waals surface area (Å²) >= 11 is 0. The van der Waals surface area contributed by atoms with Gasteiger partial charge in [-0.25, -0.2) is 0 Å². The van der Waals surface area contributed by atoms with Crippen molar-refractivity contribution < 1.29 is 0 Å². The second kappa shape index (κ2) is 16.3. The summed E-state index contributed by atoms with van der Waals surface area (Å²) in [7, 11) is 0. The fraction of sp³-hybridized carbons (Fsp3) is 0.342. The Hall–Kier alpha value is -6.44. The van der Waals surface area contributed by atoms with Crippen molar-refractivity contribution >= 4 is 17.1 Å². The van der Waals surface area contributed by atoms with Crippen LogP contribution < -0.4 is 4.90 Å². The van der Waals surface area contributed by atoms with Gasteiger partial charge in [0, 0.05) is 33.3 Å². The predicted octanol–water partition coefficient (Wildman–Crippen LogP) is 20.6. The monoisotopic (exact) mass is 970 g/mol. The molecule has 0 atom stereocenters. The molecule has 11 rings (SSSR count). The van der Waals surface area contributed by atoms with Crippen molar-refractivity contribution in [1.29, 1.82) is 0 Å². The van der Waals surface area contributed by atoms with Crippen LogP contribution in [-0.4, -0.2) is 0 Å². The topological polar surface area (TPSA) is 3.24 Å². The Bertz CT molecular complexity index is 3450. The van der Waals surface area contributed by atoms with Crippen LogP contribution in [0.3, 0.4) is 0 Å². The van der Waals surface area contributed by atoms with E-state index in [4.69, 9.17) is 0 Å². The lowest BCUT2D eigenvalue weighted by Gasteiger charge is -2.33. The first-order valence-electron chi connectivity index (χ1n) is 27.4. The number of benzene rings is 8. The molecule has 1 nitrogen and oxygen atoms in total. The Morgan fingerprint density at radius 2 is 0.622 bits per heavy atom. The van der Waals surface area contributed by atoms with Crippen LogP contribution in [0.15, 0.2) is 152 Å². The molecule has 0 radical (unpaired) electrons. The predicted molar refractivity (Wildman–Crippen MR) is 319 cm³/mol. The van der Waals surface area contributed by atoms with Gasteiger partial charge in [0.1, 0.15) is 0 Å². The SMILES string of the molecule is CC(C)(C)c1ccc(N(c2cc(-c3ccc4c(c3)C(C)(C)c3cc(C(C)(C)C)ccc3-4)c(C(C)(C)C)c(-c3ccc4c(c3)C(C)(C)c3cc(C(C)(C)C)ccc3-4)c2)c2ccc3c(c2)C(C)(C)c2ccccc2-3)cc1. The van der Waals surface area contributed by atoms with Gasteiger partial charge in [-0.3, -0.25) is 0 Å². The van der Waals surface area contributed by atoms with Gasteiger partial charge in [-0.05, 0) is 181 Å². The maximum atomic E-state index is 2.55. The molecule has 74 heavy (non-hydrogen) atoms. The standard InChI is InChI=1S/C73H79N/c1-67(2,3)46-25-29-49(30-26-46)74(50-31-36-57-52-21-19-20-22-60(52)71(13,14)65(57)43-50)51-41-58(44-23-32-53-55-34-27-47(68(4,5)6)39-63(55)72(15,16)61(53)37-44)66(70(10,11)12)59(42-51)45-24-33-54-56-35-28-48(69(7,8)9)40-64(56)73(17,18)62(54)38-45/h19-43H,1-18H3. The maximum absolute atomic E-state index is 2.55. The van der Waals surface area contributed by atoms with Crippen molar-refractivity contribution in [3.05, 3.63) is 207 Å². The first-order valence-corrected chi connectivity index (χ1v) is 27.4. The van der Waals surface area contributed by atoms with Crippen molar-refractivity contribution in [2.75, 3.05) is 4.90 Å². The molecule has 0 spiro atoms. The summed E-state index contributed by atoms with van der Waals surface area (Å²) in [6, 6.07) is 60.0. The van der Waals surface area contributed by atoms with Crippen LogP contribution in [0.5, 0.6) is 0 Å². The van der Waals surface area contributed by atoms with Gasteiger partial charge in [0.05, 0.1) is 0 Å². The first kappa shape index (κ1) is 49.8. The molecule has 0 amide bonds. The minimum absolute atomic E-state index is 0.0199. The summed E-state index contributed by atoms with van der Waals surface area (Å²) in [5, 5.41) is 0. The third-order valence-electron chi connectivity index (χ3n) is 17.7. The van der Waals surface area contributed by atoms with E-state index in [9.17, 15) is 0 Å². The number of hydrogen-bond acceptors (Lipinski definition) is 1. The second-order valence-electron chi connectivity index (χ2n) is 28.0. The molecule has 0 aromatic heterocycles. The van der Waals surface area contributed by atoms with E-state index < -0.39 is 0 Å². The van der Waals surface area contributed by atoms with Crippen LogP contribution in [0.25, 0.3) is 55.6 Å². The Morgan fingerprint density at radius 3 is 1.07 bits per heavy atom. The molecule has 8 aromatic carbocycles. The van der Waals surface area contributed by atoms with Crippen LogP contribution in [0.1, 0.15) is 180 Å². The van der Waals surface area contributed by atoms with Crippen molar-refractivity contribution in [1.82, 2.24) is 0 Å². The van der Waals surface area contributed by atoms with Gasteiger partial charge >= 0.3 is 0 Å². The number of nitrogens with zero attached hydrogens (tertiary/aromatic N) is 1.